The third-order valence-corrected chi connectivity index (χ3v) is 5.06. The second kappa shape index (κ2) is 6.44. The van der Waals surface area contributed by atoms with E-state index in [1.165, 1.54) is 0 Å². The molecule has 2 heterocycles. The Bertz CT molecular complexity index is 787. The summed E-state index contributed by atoms with van der Waals surface area (Å²) in [7, 11) is 0. The van der Waals surface area contributed by atoms with Gasteiger partial charge in [0.1, 0.15) is 0 Å². The van der Waals surface area contributed by atoms with Crippen LogP contribution in [0.25, 0.3) is 6.08 Å². The molecule has 4 rings (SSSR count). The lowest BCUT2D eigenvalue weighted by atomic mass is 10.2. The SMILES string of the molecule is O=C(NCCN1C(=O)S/C(=C/c2ccc3c(c2)OCO3)C1=O)C1CC1. The molecule has 0 bridgehead atoms. The van der Waals surface area contributed by atoms with Gasteiger partial charge in [0.25, 0.3) is 11.1 Å². The molecule has 0 spiro atoms. The Hall–Kier alpha value is -2.48. The first-order valence-corrected chi connectivity index (χ1v) is 8.86. The van der Waals surface area contributed by atoms with E-state index in [9.17, 15) is 14.4 Å². The highest BCUT2D eigenvalue weighted by Crippen LogP contribution is 2.36. The van der Waals surface area contributed by atoms with Gasteiger partial charge in [0.05, 0.1) is 4.91 Å². The topological polar surface area (TPSA) is 84.9 Å². The van der Waals surface area contributed by atoms with Crippen LogP contribution in [0.15, 0.2) is 23.1 Å². The average molecular weight is 360 g/mol. The lowest BCUT2D eigenvalue weighted by Crippen LogP contribution is -2.37. The fourth-order valence-corrected chi connectivity index (χ4v) is 3.49. The summed E-state index contributed by atoms with van der Waals surface area (Å²) in [4.78, 5) is 37.6. The number of carbonyl (C=O) groups excluding carboxylic acids is 3. The Morgan fingerprint density at radius 1 is 1.28 bits per heavy atom. The number of hydrogen-bond donors (Lipinski definition) is 1. The summed E-state index contributed by atoms with van der Waals surface area (Å²) in [5, 5.41) is 2.44. The van der Waals surface area contributed by atoms with E-state index < -0.39 is 0 Å². The normalized spacial score (nSPS) is 20.5. The van der Waals surface area contributed by atoms with E-state index >= 15 is 0 Å². The van der Waals surface area contributed by atoms with E-state index in [0.717, 1.165) is 35.1 Å². The lowest BCUT2D eigenvalue weighted by molar-refractivity contribution is -0.124. The molecule has 2 fully saturated rings. The molecular weight excluding hydrogens is 344 g/mol. The monoisotopic (exact) mass is 360 g/mol. The minimum absolute atomic E-state index is 0.00266. The van der Waals surface area contributed by atoms with Gasteiger partial charge in [-0.15, -0.1) is 0 Å². The second-order valence-corrected chi connectivity index (χ2v) is 7.00. The van der Waals surface area contributed by atoms with Gasteiger partial charge in [-0.3, -0.25) is 19.3 Å². The van der Waals surface area contributed by atoms with Crippen molar-refractivity contribution in [1.29, 1.82) is 0 Å². The maximum absolute atomic E-state index is 12.4. The van der Waals surface area contributed by atoms with Gasteiger partial charge in [-0.2, -0.15) is 0 Å². The minimum atomic E-state index is -0.340. The van der Waals surface area contributed by atoms with Gasteiger partial charge in [-0.25, -0.2) is 0 Å². The molecule has 25 heavy (non-hydrogen) atoms. The molecule has 1 aliphatic carbocycles. The molecule has 8 heteroatoms. The van der Waals surface area contributed by atoms with Crippen LogP contribution in [0.5, 0.6) is 11.5 Å². The fourth-order valence-electron chi connectivity index (χ4n) is 2.63. The van der Waals surface area contributed by atoms with Gasteiger partial charge in [-0.05, 0) is 48.4 Å². The molecule has 130 valence electrons. The molecule has 0 aromatic heterocycles. The van der Waals surface area contributed by atoms with Crippen molar-refractivity contribution in [1.82, 2.24) is 10.2 Å². The first-order chi connectivity index (χ1) is 12.1. The number of fused-ring (bicyclic) bond motifs is 1. The van der Waals surface area contributed by atoms with Crippen molar-refractivity contribution in [3.05, 3.63) is 28.7 Å². The molecule has 1 saturated heterocycles. The Balaban J connectivity index is 1.40. The van der Waals surface area contributed by atoms with Crippen molar-refractivity contribution < 1.29 is 23.9 Å². The van der Waals surface area contributed by atoms with Crippen LogP contribution in [-0.4, -0.2) is 41.8 Å². The van der Waals surface area contributed by atoms with Gasteiger partial charge in [0, 0.05) is 19.0 Å². The molecule has 1 N–H and O–H groups in total. The highest BCUT2D eigenvalue weighted by Gasteiger charge is 2.35. The number of nitrogens with zero attached hydrogens (tertiary/aromatic N) is 1. The highest BCUT2D eigenvalue weighted by molar-refractivity contribution is 8.18. The molecule has 1 aromatic carbocycles. The molecule has 3 amide bonds. The van der Waals surface area contributed by atoms with Crippen molar-refractivity contribution in [2.24, 2.45) is 5.92 Å². The zero-order chi connectivity index (χ0) is 17.4. The number of benzene rings is 1. The van der Waals surface area contributed by atoms with E-state index in [0.29, 0.717) is 16.4 Å². The molecule has 3 aliphatic rings. The molecule has 2 aliphatic heterocycles. The van der Waals surface area contributed by atoms with Crippen LogP contribution in [0.1, 0.15) is 18.4 Å². The first-order valence-electron chi connectivity index (χ1n) is 8.04. The standard InChI is InChI=1S/C17H16N2O5S/c20-15(11-2-3-11)18-5-6-19-16(21)14(25-17(19)22)8-10-1-4-12-13(7-10)24-9-23-12/h1,4,7-8,11H,2-3,5-6,9H2,(H,18,20)/b14-8+. The minimum Gasteiger partial charge on any atom is -0.454 e. The van der Waals surface area contributed by atoms with Gasteiger partial charge in [-0.1, -0.05) is 6.07 Å². The number of amides is 3. The number of imide groups is 1. The van der Waals surface area contributed by atoms with Crippen LogP contribution in [0.4, 0.5) is 4.79 Å². The number of carbonyl (C=O) groups is 3. The summed E-state index contributed by atoms with van der Waals surface area (Å²) >= 11 is 0.901. The summed E-state index contributed by atoms with van der Waals surface area (Å²) in [6, 6.07) is 5.34. The molecule has 0 radical (unpaired) electrons. The van der Waals surface area contributed by atoms with Crippen molar-refractivity contribution in [3.63, 3.8) is 0 Å². The summed E-state index contributed by atoms with van der Waals surface area (Å²) in [5.41, 5.74) is 0.761. The Morgan fingerprint density at radius 3 is 2.88 bits per heavy atom. The summed E-state index contributed by atoms with van der Waals surface area (Å²) < 4.78 is 10.6. The van der Waals surface area contributed by atoms with E-state index in [1.807, 2.05) is 0 Å². The smallest absolute Gasteiger partial charge is 0.293 e. The van der Waals surface area contributed by atoms with Crippen molar-refractivity contribution in [2.45, 2.75) is 12.8 Å². The van der Waals surface area contributed by atoms with E-state index in [2.05, 4.69) is 5.32 Å². The second-order valence-electron chi connectivity index (χ2n) is 6.01. The van der Waals surface area contributed by atoms with E-state index in [-0.39, 0.29) is 42.9 Å². The predicted molar refractivity (Wildman–Crippen MR) is 91.0 cm³/mol. The highest BCUT2D eigenvalue weighted by atomic mass is 32.2. The molecule has 0 unspecified atom stereocenters. The third kappa shape index (κ3) is 3.34. The third-order valence-electron chi connectivity index (χ3n) is 4.15. The van der Waals surface area contributed by atoms with E-state index in [1.54, 1.807) is 24.3 Å². The summed E-state index contributed by atoms with van der Waals surface area (Å²) in [6.45, 7) is 0.647. The predicted octanol–water partition coefficient (Wildman–Crippen LogP) is 1.98. The lowest BCUT2D eigenvalue weighted by Gasteiger charge is -2.12. The number of ether oxygens (including phenoxy) is 2. The molecule has 1 saturated carbocycles. The van der Waals surface area contributed by atoms with Crippen LogP contribution in [0.3, 0.4) is 0 Å². The van der Waals surface area contributed by atoms with Crippen molar-refractivity contribution >= 4 is 34.9 Å². The van der Waals surface area contributed by atoms with Gasteiger partial charge in [0.2, 0.25) is 12.7 Å². The Kier molecular flexibility index (Phi) is 4.12. The largest absolute Gasteiger partial charge is 0.454 e. The maximum atomic E-state index is 12.4. The van der Waals surface area contributed by atoms with Crippen LogP contribution < -0.4 is 14.8 Å². The van der Waals surface area contributed by atoms with Crippen LogP contribution in [0.2, 0.25) is 0 Å². The molecule has 7 nitrogen and oxygen atoms in total. The number of thioether (sulfide) groups is 1. The number of nitrogens with one attached hydrogen (secondary N) is 1. The van der Waals surface area contributed by atoms with Gasteiger partial charge >= 0.3 is 0 Å². The zero-order valence-corrected chi connectivity index (χ0v) is 14.1. The number of rotatable bonds is 5. The molecular formula is C17H16N2O5S. The average Bonchev–Trinajstić information content (AvgIpc) is 3.29. The zero-order valence-electron chi connectivity index (χ0n) is 13.3. The van der Waals surface area contributed by atoms with Crippen molar-refractivity contribution in [2.75, 3.05) is 19.9 Å². The Morgan fingerprint density at radius 2 is 2.08 bits per heavy atom. The van der Waals surface area contributed by atoms with Crippen LogP contribution in [0, 0.1) is 5.92 Å². The van der Waals surface area contributed by atoms with Crippen LogP contribution in [-0.2, 0) is 9.59 Å². The summed E-state index contributed by atoms with van der Waals surface area (Å²) in [5.74, 6) is 1.06. The first kappa shape index (κ1) is 16.0. The molecule has 0 atom stereocenters. The van der Waals surface area contributed by atoms with Gasteiger partial charge in [0.15, 0.2) is 11.5 Å². The van der Waals surface area contributed by atoms with Gasteiger partial charge < -0.3 is 14.8 Å². The number of hydrogen-bond acceptors (Lipinski definition) is 6. The van der Waals surface area contributed by atoms with Crippen LogP contribution >= 0.6 is 11.8 Å². The Labute approximate surface area is 148 Å². The maximum Gasteiger partial charge on any atom is 0.293 e. The molecule has 1 aromatic rings. The fraction of sp³-hybridized carbons (Fsp3) is 0.353. The summed E-state index contributed by atoms with van der Waals surface area (Å²) in [6.07, 6.45) is 3.51. The quantitative estimate of drug-likeness (QED) is 0.808. The van der Waals surface area contributed by atoms with Crippen molar-refractivity contribution in [3.8, 4) is 11.5 Å². The van der Waals surface area contributed by atoms with E-state index in [4.69, 9.17) is 9.47 Å².